The van der Waals surface area contributed by atoms with Gasteiger partial charge in [0, 0.05) is 11.3 Å². The zero-order chi connectivity index (χ0) is 19.6. The van der Waals surface area contributed by atoms with Gasteiger partial charge in [0.05, 0.1) is 4.90 Å². The van der Waals surface area contributed by atoms with Crippen molar-refractivity contribution in [1.82, 2.24) is 4.98 Å². The Balaban J connectivity index is 2.08. The van der Waals surface area contributed by atoms with Crippen LogP contribution in [0.15, 0.2) is 68.0 Å². The summed E-state index contributed by atoms with van der Waals surface area (Å²) in [6, 6.07) is 12.2. The van der Waals surface area contributed by atoms with E-state index in [0.29, 0.717) is 17.2 Å². The molecular weight excluding hydrogens is 385 g/mol. The number of thioether (sulfide) groups is 1. The Morgan fingerprint density at radius 2 is 1.70 bits per heavy atom. The topological polar surface area (TPSA) is 60.2 Å². The van der Waals surface area contributed by atoms with Gasteiger partial charge >= 0.3 is 0 Å². The fourth-order valence-corrected chi connectivity index (χ4v) is 4.82. The number of nitrogens with zero attached hydrogens (tertiary/aromatic N) is 1. The lowest BCUT2D eigenvalue weighted by Crippen LogP contribution is -2.04. The van der Waals surface area contributed by atoms with Gasteiger partial charge in [-0.05, 0) is 49.2 Å². The van der Waals surface area contributed by atoms with E-state index in [-0.39, 0.29) is 20.9 Å². The molecule has 0 amide bonds. The van der Waals surface area contributed by atoms with Gasteiger partial charge < -0.3 is 4.42 Å². The maximum absolute atomic E-state index is 13.2. The van der Waals surface area contributed by atoms with Gasteiger partial charge in [0.25, 0.3) is 0 Å². The van der Waals surface area contributed by atoms with Crippen LogP contribution in [0.1, 0.15) is 19.4 Å². The van der Waals surface area contributed by atoms with Gasteiger partial charge in [-0.1, -0.05) is 43.3 Å². The zero-order valence-electron chi connectivity index (χ0n) is 15.3. The van der Waals surface area contributed by atoms with Crippen LogP contribution in [0, 0.1) is 18.7 Å². The van der Waals surface area contributed by atoms with Crippen LogP contribution in [0.2, 0.25) is 0 Å². The molecule has 0 spiro atoms. The van der Waals surface area contributed by atoms with Crippen LogP contribution in [0.5, 0.6) is 0 Å². The molecule has 0 fully saturated rings. The summed E-state index contributed by atoms with van der Waals surface area (Å²) in [4.78, 5) is 4.27. The third kappa shape index (κ3) is 4.42. The zero-order valence-corrected chi connectivity index (χ0v) is 16.9. The summed E-state index contributed by atoms with van der Waals surface area (Å²) < 4.78 is 45.1. The van der Waals surface area contributed by atoms with Crippen molar-refractivity contribution in [3.63, 3.8) is 0 Å². The van der Waals surface area contributed by atoms with Crippen LogP contribution in [0.4, 0.5) is 4.39 Å². The Kier molecular flexibility index (Phi) is 5.72. The van der Waals surface area contributed by atoms with Crippen LogP contribution in [-0.4, -0.2) is 19.2 Å². The van der Waals surface area contributed by atoms with Gasteiger partial charge in [-0.2, -0.15) is 4.98 Å². The Labute approximate surface area is 162 Å². The molecule has 0 bridgehead atoms. The van der Waals surface area contributed by atoms with Crippen molar-refractivity contribution in [3.05, 3.63) is 59.9 Å². The Morgan fingerprint density at radius 3 is 2.30 bits per heavy atom. The number of benzene rings is 2. The molecule has 3 aromatic rings. The van der Waals surface area contributed by atoms with Crippen molar-refractivity contribution < 1.29 is 17.2 Å². The molecule has 2 aromatic carbocycles. The SMILES string of the molecule is Cc1ccc(-c2nc(S(=O)(=O)c3ccc(F)cc3)c(SCC(C)C)o2)cc1. The van der Waals surface area contributed by atoms with Crippen LogP contribution in [0.3, 0.4) is 0 Å². The molecule has 7 heteroatoms. The largest absolute Gasteiger partial charge is 0.428 e. The molecule has 0 saturated carbocycles. The van der Waals surface area contributed by atoms with Gasteiger partial charge in [-0.3, -0.25) is 0 Å². The highest BCUT2D eigenvalue weighted by Gasteiger charge is 2.28. The summed E-state index contributed by atoms with van der Waals surface area (Å²) in [5.74, 6) is 0.796. The average Bonchev–Trinajstić information content (AvgIpc) is 3.06. The maximum Gasteiger partial charge on any atom is 0.228 e. The third-order valence-corrected chi connectivity index (χ3v) is 6.97. The molecule has 1 heterocycles. The number of hydrogen-bond donors (Lipinski definition) is 0. The normalized spacial score (nSPS) is 11.9. The summed E-state index contributed by atoms with van der Waals surface area (Å²) >= 11 is 1.32. The minimum Gasteiger partial charge on any atom is -0.428 e. The van der Waals surface area contributed by atoms with Gasteiger partial charge in [0.15, 0.2) is 0 Å². The first-order valence-corrected chi connectivity index (χ1v) is 11.0. The van der Waals surface area contributed by atoms with Crippen LogP contribution in [0.25, 0.3) is 11.5 Å². The van der Waals surface area contributed by atoms with Crippen LogP contribution >= 0.6 is 11.8 Å². The second-order valence-electron chi connectivity index (χ2n) is 6.64. The number of rotatable bonds is 6. The molecule has 0 unspecified atom stereocenters. The Hall–Kier alpha value is -2.12. The van der Waals surface area contributed by atoms with Crippen molar-refractivity contribution in [2.45, 2.75) is 35.8 Å². The number of halogens is 1. The number of sulfone groups is 1. The van der Waals surface area contributed by atoms with E-state index in [1.807, 2.05) is 45.0 Å². The molecule has 0 atom stereocenters. The Bertz CT molecular complexity index is 1020. The van der Waals surface area contributed by atoms with Gasteiger partial charge in [-0.25, -0.2) is 12.8 Å². The molecule has 0 N–H and O–H groups in total. The highest BCUT2D eigenvalue weighted by Crippen LogP contribution is 2.35. The van der Waals surface area contributed by atoms with Crippen molar-refractivity contribution >= 4 is 21.6 Å². The van der Waals surface area contributed by atoms with E-state index in [4.69, 9.17) is 4.42 Å². The van der Waals surface area contributed by atoms with Gasteiger partial charge in [0.2, 0.25) is 25.8 Å². The van der Waals surface area contributed by atoms with E-state index in [9.17, 15) is 12.8 Å². The lowest BCUT2D eigenvalue weighted by atomic mass is 10.1. The minimum atomic E-state index is -3.92. The van der Waals surface area contributed by atoms with E-state index >= 15 is 0 Å². The summed E-state index contributed by atoms with van der Waals surface area (Å²) in [6.07, 6.45) is 0. The predicted octanol–water partition coefficient (Wildman–Crippen LogP) is 5.37. The highest BCUT2D eigenvalue weighted by atomic mass is 32.2. The standard InChI is InChI=1S/C20H20FNO3S2/c1-13(2)12-26-20-19(27(23,24)17-10-8-16(21)9-11-17)22-18(25-20)15-6-4-14(3)5-7-15/h4-11,13H,12H2,1-3H3. The summed E-state index contributed by atoms with van der Waals surface area (Å²) in [5.41, 5.74) is 1.78. The average molecular weight is 406 g/mol. The van der Waals surface area contributed by atoms with Crippen LogP contribution in [-0.2, 0) is 9.84 Å². The highest BCUT2D eigenvalue weighted by molar-refractivity contribution is 8.00. The molecule has 0 aliphatic carbocycles. The number of hydrogen-bond acceptors (Lipinski definition) is 5. The summed E-state index contributed by atoms with van der Waals surface area (Å²) in [6.45, 7) is 6.05. The molecule has 4 nitrogen and oxygen atoms in total. The second kappa shape index (κ2) is 7.86. The number of aromatic nitrogens is 1. The quantitative estimate of drug-likeness (QED) is 0.408. The van der Waals surface area contributed by atoms with E-state index in [1.165, 1.54) is 23.9 Å². The molecular formula is C20H20FNO3S2. The predicted molar refractivity (Wildman–Crippen MR) is 104 cm³/mol. The molecule has 1 aromatic heterocycles. The molecule has 0 aliphatic heterocycles. The van der Waals surface area contributed by atoms with Gasteiger partial charge in [-0.15, -0.1) is 0 Å². The third-order valence-electron chi connectivity index (χ3n) is 3.79. The van der Waals surface area contributed by atoms with Crippen molar-refractivity contribution in [2.24, 2.45) is 5.92 Å². The molecule has 27 heavy (non-hydrogen) atoms. The first-order valence-electron chi connectivity index (χ1n) is 8.48. The molecule has 3 rings (SSSR count). The lowest BCUT2D eigenvalue weighted by Gasteiger charge is -2.05. The molecule has 0 saturated heterocycles. The molecule has 142 valence electrons. The monoisotopic (exact) mass is 405 g/mol. The fraction of sp³-hybridized carbons (Fsp3) is 0.250. The number of oxazole rings is 1. The first kappa shape index (κ1) is 19.6. The maximum atomic E-state index is 13.2. The van der Waals surface area contributed by atoms with Crippen molar-refractivity contribution in [2.75, 3.05) is 5.75 Å². The van der Waals surface area contributed by atoms with Crippen molar-refractivity contribution in [1.29, 1.82) is 0 Å². The first-order chi connectivity index (χ1) is 12.8. The molecule has 0 aliphatic rings. The van der Waals surface area contributed by atoms with Gasteiger partial charge in [0.1, 0.15) is 5.82 Å². The van der Waals surface area contributed by atoms with E-state index < -0.39 is 15.7 Å². The van der Waals surface area contributed by atoms with E-state index in [0.717, 1.165) is 17.7 Å². The lowest BCUT2D eigenvalue weighted by molar-refractivity contribution is 0.469. The second-order valence-corrected chi connectivity index (χ2v) is 9.50. The van der Waals surface area contributed by atoms with E-state index in [1.54, 1.807) is 0 Å². The Morgan fingerprint density at radius 1 is 1.07 bits per heavy atom. The smallest absolute Gasteiger partial charge is 0.228 e. The van der Waals surface area contributed by atoms with Crippen LogP contribution < -0.4 is 0 Å². The minimum absolute atomic E-state index is 0.0148. The summed E-state index contributed by atoms with van der Waals surface area (Å²) in [7, 11) is -3.92. The fourth-order valence-electron chi connectivity index (χ4n) is 2.34. The van der Waals surface area contributed by atoms with E-state index in [2.05, 4.69) is 4.98 Å². The number of aryl methyl sites for hydroxylation is 1. The van der Waals surface area contributed by atoms with Crippen molar-refractivity contribution in [3.8, 4) is 11.5 Å². The summed E-state index contributed by atoms with van der Waals surface area (Å²) in [5, 5.41) is 0.124. The molecule has 0 radical (unpaired) electrons.